The van der Waals surface area contributed by atoms with E-state index in [1.165, 1.54) is 16.7 Å². The van der Waals surface area contributed by atoms with Crippen molar-refractivity contribution in [3.05, 3.63) is 71.3 Å². The second-order valence-electron chi connectivity index (χ2n) is 6.71. The van der Waals surface area contributed by atoms with Crippen molar-refractivity contribution in [2.45, 2.75) is 30.7 Å². The number of hydrogen-bond acceptors (Lipinski definition) is 2. The van der Waals surface area contributed by atoms with Gasteiger partial charge < -0.3 is 10.6 Å². The van der Waals surface area contributed by atoms with Crippen LogP contribution >= 0.6 is 0 Å². The Hall–Kier alpha value is -2.13. The number of fused-ring (bicyclic) bond motifs is 1. The zero-order chi connectivity index (χ0) is 15.8. The number of rotatable bonds is 2. The second-order valence-corrected chi connectivity index (χ2v) is 6.71. The van der Waals surface area contributed by atoms with Gasteiger partial charge in [0.15, 0.2) is 0 Å². The Morgan fingerprint density at radius 1 is 1.00 bits per heavy atom. The number of benzene rings is 2. The van der Waals surface area contributed by atoms with E-state index < -0.39 is 0 Å². The number of hydrogen-bond donors (Lipinski definition) is 1. The Bertz CT molecular complexity index is 713. The van der Waals surface area contributed by atoms with Crippen molar-refractivity contribution in [1.82, 2.24) is 4.90 Å². The van der Waals surface area contributed by atoms with Crippen LogP contribution < -0.4 is 5.73 Å². The van der Waals surface area contributed by atoms with Crippen LogP contribution in [0.25, 0.3) is 0 Å². The summed E-state index contributed by atoms with van der Waals surface area (Å²) in [4.78, 5) is 15.0. The van der Waals surface area contributed by atoms with Gasteiger partial charge in [0.1, 0.15) is 0 Å². The van der Waals surface area contributed by atoms with Crippen LogP contribution in [0.2, 0.25) is 0 Å². The molecule has 3 nitrogen and oxygen atoms in total. The standard InChI is InChI=1S/C20H22N2O/c21-19-13-22(12-18(19)14-6-2-1-3-7-14)20(23)17-11-10-15-8-4-5-9-16(15)17/h1-9,17-19H,10-13,21H2/t17?,18-,19+/m0/s1. The SMILES string of the molecule is N[C@@H]1CN(C(=O)C2CCc3ccccc32)C[C@H]1c1ccccc1. The number of nitrogens with two attached hydrogens (primary N) is 1. The minimum Gasteiger partial charge on any atom is -0.340 e. The lowest BCUT2D eigenvalue weighted by atomic mass is 9.95. The molecule has 1 amide bonds. The highest BCUT2D eigenvalue weighted by Gasteiger charge is 2.38. The highest BCUT2D eigenvalue weighted by atomic mass is 16.2. The molecule has 3 atom stereocenters. The molecule has 1 aliphatic carbocycles. The predicted octanol–water partition coefficient (Wildman–Crippen LogP) is 2.67. The van der Waals surface area contributed by atoms with Gasteiger partial charge in [0.2, 0.25) is 5.91 Å². The van der Waals surface area contributed by atoms with E-state index in [1.54, 1.807) is 0 Å². The average Bonchev–Trinajstić information content (AvgIpc) is 3.19. The normalized spacial score (nSPS) is 26.3. The van der Waals surface area contributed by atoms with Gasteiger partial charge in [0, 0.05) is 25.0 Å². The third-order valence-electron chi connectivity index (χ3n) is 5.34. The van der Waals surface area contributed by atoms with Crippen molar-refractivity contribution in [1.29, 1.82) is 0 Å². The lowest BCUT2D eigenvalue weighted by Gasteiger charge is -2.21. The molecule has 0 aromatic heterocycles. The third-order valence-corrected chi connectivity index (χ3v) is 5.34. The summed E-state index contributed by atoms with van der Waals surface area (Å²) in [6, 6.07) is 18.7. The van der Waals surface area contributed by atoms with E-state index >= 15 is 0 Å². The predicted molar refractivity (Wildman–Crippen MR) is 91.2 cm³/mol. The van der Waals surface area contributed by atoms with Gasteiger partial charge >= 0.3 is 0 Å². The number of amides is 1. The Balaban J connectivity index is 1.53. The van der Waals surface area contributed by atoms with Crippen molar-refractivity contribution in [3.63, 3.8) is 0 Å². The van der Waals surface area contributed by atoms with E-state index in [1.807, 2.05) is 29.2 Å². The first-order valence-corrected chi connectivity index (χ1v) is 8.41. The number of likely N-dealkylation sites (tertiary alicyclic amines) is 1. The van der Waals surface area contributed by atoms with Crippen LogP contribution in [-0.4, -0.2) is 29.9 Å². The Kier molecular flexibility index (Phi) is 3.66. The molecule has 2 aliphatic rings. The lowest BCUT2D eigenvalue weighted by Crippen LogP contribution is -2.34. The quantitative estimate of drug-likeness (QED) is 0.927. The van der Waals surface area contributed by atoms with E-state index in [2.05, 4.69) is 30.3 Å². The number of carbonyl (C=O) groups excluding carboxylic acids is 1. The van der Waals surface area contributed by atoms with Gasteiger partial charge in [-0.2, -0.15) is 0 Å². The van der Waals surface area contributed by atoms with E-state index in [0.717, 1.165) is 19.4 Å². The largest absolute Gasteiger partial charge is 0.340 e. The second kappa shape index (κ2) is 5.82. The van der Waals surface area contributed by atoms with Gasteiger partial charge in [0.05, 0.1) is 5.92 Å². The summed E-state index contributed by atoms with van der Waals surface area (Å²) in [6.07, 6.45) is 1.94. The Labute approximate surface area is 137 Å². The fraction of sp³-hybridized carbons (Fsp3) is 0.350. The van der Waals surface area contributed by atoms with Crippen LogP contribution in [0.15, 0.2) is 54.6 Å². The maximum Gasteiger partial charge on any atom is 0.230 e. The van der Waals surface area contributed by atoms with Crippen LogP contribution in [0, 0.1) is 0 Å². The number of carbonyl (C=O) groups is 1. The molecule has 0 bridgehead atoms. The van der Waals surface area contributed by atoms with Crippen LogP contribution in [0.5, 0.6) is 0 Å². The first-order chi connectivity index (χ1) is 11.2. The van der Waals surface area contributed by atoms with E-state index in [9.17, 15) is 4.79 Å². The molecule has 118 valence electrons. The Morgan fingerprint density at radius 2 is 1.74 bits per heavy atom. The molecule has 23 heavy (non-hydrogen) atoms. The summed E-state index contributed by atoms with van der Waals surface area (Å²) < 4.78 is 0. The fourth-order valence-electron chi connectivity index (χ4n) is 4.10. The molecule has 2 aromatic rings. The molecule has 0 radical (unpaired) electrons. The van der Waals surface area contributed by atoms with Gasteiger partial charge in [-0.05, 0) is 29.5 Å². The molecular formula is C20H22N2O. The highest BCUT2D eigenvalue weighted by molar-refractivity contribution is 5.85. The van der Waals surface area contributed by atoms with Crippen molar-refractivity contribution < 1.29 is 4.79 Å². The van der Waals surface area contributed by atoms with Crippen molar-refractivity contribution in [2.75, 3.05) is 13.1 Å². The Morgan fingerprint density at radius 3 is 2.57 bits per heavy atom. The van der Waals surface area contributed by atoms with Gasteiger partial charge in [-0.15, -0.1) is 0 Å². The number of nitrogens with zero attached hydrogens (tertiary/aromatic N) is 1. The maximum atomic E-state index is 13.0. The molecule has 2 N–H and O–H groups in total. The van der Waals surface area contributed by atoms with Crippen molar-refractivity contribution in [3.8, 4) is 0 Å². The van der Waals surface area contributed by atoms with Crippen LogP contribution in [-0.2, 0) is 11.2 Å². The monoisotopic (exact) mass is 306 g/mol. The van der Waals surface area contributed by atoms with Crippen LogP contribution in [0.3, 0.4) is 0 Å². The molecular weight excluding hydrogens is 284 g/mol. The molecule has 1 aliphatic heterocycles. The summed E-state index contributed by atoms with van der Waals surface area (Å²) >= 11 is 0. The minimum absolute atomic E-state index is 0.0212. The topological polar surface area (TPSA) is 46.3 Å². The van der Waals surface area contributed by atoms with Gasteiger partial charge in [-0.3, -0.25) is 4.79 Å². The minimum atomic E-state index is 0.0212. The number of aryl methyl sites for hydroxylation is 1. The molecule has 2 aromatic carbocycles. The highest BCUT2D eigenvalue weighted by Crippen LogP contribution is 2.36. The molecule has 4 rings (SSSR count). The molecule has 3 heteroatoms. The van der Waals surface area contributed by atoms with Crippen molar-refractivity contribution >= 4 is 5.91 Å². The molecule has 1 unspecified atom stereocenters. The lowest BCUT2D eigenvalue weighted by molar-refractivity contribution is -0.131. The van der Waals surface area contributed by atoms with E-state index in [4.69, 9.17) is 5.73 Å². The smallest absolute Gasteiger partial charge is 0.230 e. The van der Waals surface area contributed by atoms with E-state index in [0.29, 0.717) is 6.54 Å². The summed E-state index contributed by atoms with van der Waals surface area (Å²) in [5.74, 6) is 0.522. The summed E-state index contributed by atoms with van der Waals surface area (Å²) in [5, 5.41) is 0. The molecule has 0 saturated carbocycles. The summed E-state index contributed by atoms with van der Waals surface area (Å²) in [6.45, 7) is 1.40. The van der Waals surface area contributed by atoms with E-state index in [-0.39, 0.29) is 23.8 Å². The maximum absolute atomic E-state index is 13.0. The van der Waals surface area contributed by atoms with Crippen LogP contribution in [0.4, 0.5) is 0 Å². The fourth-order valence-corrected chi connectivity index (χ4v) is 4.10. The molecule has 1 fully saturated rings. The van der Waals surface area contributed by atoms with Gasteiger partial charge in [-0.1, -0.05) is 54.6 Å². The summed E-state index contributed by atoms with van der Waals surface area (Å²) in [7, 11) is 0. The first kappa shape index (κ1) is 14.5. The zero-order valence-corrected chi connectivity index (χ0v) is 13.2. The first-order valence-electron chi connectivity index (χ1n) is 8.41. The molecule has 1 saturated heterocycles. The van der Waals surface area contributed by atoms with Crippen molar-refractivity contribution in [2.24, 2.45) is 5.73 Å². The molecule has 1 heterocycles. The van der Waals surface area contributed by atoms with Crippen LogP contribution in [0.1, 0.15) is 34.9 Å². The van der Waals surface area contributed by atoms with Gasteiger partial charge in [-0.25, -0.2) is 0 Å². The van der Waals surface area contributed by atoms with Gasteiger partial charge in [0.25, 0.3) is 0 Å². The average molecular weight is 306 g/mol. The molecule has 0 spiro atoms. The third kappa shape index (κ3) is 2.55. The zero-order valence-electron chi connectivity index (χ0n) is 13.2. The summed E-state index contributed by atoms with van der Waals surface area (Å²) in [5.41, 5.74) is 10.1.